The van der Waals surface area contributed by atoms with Crippen molar-refractivity contribution in [2.45, 2.75) is 20.0 Å². The van der Waals surface area contributed by atoms with Crippen molar-refractivity contribution in [3.05, 3.63) is 48.2 Å². The van der Waals surface area contributed by atoms with Gasteiger partial charge < -0.3 is 40.5 Å². The Bertz CT molecular complexity index is 1680. The van der Waals surface area contributed by atoms with E-state index < -0.39 is 17.6 Å². The monoisotopic (exact) mass is 728 g/mol. The van der Waals surface area contributed by atoms with Crippen LogP contribution in [0.15, 0.2) is 42.6 Å². The number of hydrogen-bond acceptors (Lipinski definition) is 12. The number of rotatable bonds is 14. The maximum atomic E-state index is 14.2. The second kappa shape index (κ2) is 17.5. The van der Waals surface area contributed by atoms with Crippen LogP contribution in [0.25, 0.3) is 0 Å². The van der Waals surface area contributed by atoms with Gasteiger partial charge in [-0.25, -0.2) is 4.98 Å². The highest BCUT2D eigenvalue weighted by atomic mass is 19.4. The summed E-state index contributed by atoms with van der Waals surface area (Å²) < 4.78 is 53.7. The largest absolute Gasteiger partial charge is 0.494 e. The number of amides is 2. The number of nitrogens with one attached hydrogen (secondary N) is 4. The fraction of sp³-hybridized carbons (Fsp3) is 0.486. The maximum absolute atomic E-state index is 14.2. The van der Waals surface area contributed by atoms with E-state index in [1.165, 1.54) is 14.2 Å². The van der Waals surface area contributed by atoms with Gasteiger partial charge in [-0.1, -0.05) is 0 Å². The molecule has 0 atom stereocenters. The molecule has 0 bridgehead atoms. The molecule has 3 heterocycles. The number of piperazine rings is 2. The van der Waals surface area contributed by atoms with Gasteiger partial charge in [-0.3, -0.25) is 19.4 Å². The average molecular weight is 729 g/mol. The topological polar surface area (TPSA) is 139 Å². The van der Waals surface area contributed by atoms with Crippen LogP contribution in [0.2, 0.25) is 0 Å². The number of nitrogens with zero attached hydrogens (tertiary/aromatic N) is 6. The number of carbonyl (C=O) groups excluding carboxylic acids is 2. The number of ether oxygens (including phenoxy) is 2. The predicted molar refractivity (Wildman–Crippen MR) is 194 cm³/mol. The summed E-state index contributed by atoms with van der Waals surface area (Å²) in [7, 11) is 2.96. The minimum atomic E-state index is -4.73. The van der Waals surface area contributed by atoms with Crippen LogP contribution in [-0.4, -0.2) is 124 Å². The number of aromatic nitrogens is 2. The minimum Gasteiger partial charge on any atom is -0.494 e. The van der Waals surface area contributed by atoms with Crippen molar-refractivity contribution < 1.29 is 32.2 Å². The third-order valence-electron chi connectivity index (χ3n) is 8.92. The SMILES string of the molecule is CCNC(=O)CN1CCN(c2ccc(Nc3ncc(C(F)(F)F)c(Nc4ccc(N5CCN(CC(=O)NCC)CC5)cc4OC)n3)c(OC)c2)CC1. The quantitative estimate of drug-likeness (QED) is 0.193. The van der Waals surface area contributed by atoms with E-state index in [1.807, 2.05) is 32.0 Å². The standard InChI is InChI=1S/C35H47F3N10O4/c1-5-39-31(49)22-45-11-15-47(16-12-45)24-7-9-27(29(19-24)51-3)42-33-26(35(36,37)38)21-41-34(44-33)43-28-10-8-25(20-30(28)52-4)48-17-13-46(14-18-48)23-32(50)40-6-2/h7-10,19-21H,5-6,11-18,22-23H2,1-4H3,(H,39,49)(H,40,50)(H2,41,42,43,44). The van der Waals surface area contributed by atoms with Gasteiger partial charge >= 0.3 is 6.18 Å². The lowest BCUT2D eigenvalue weighted by Crippen LogP contribution is -2.49. The van der Waals surface area contributed by atoms with Gasteiger partial charge in [0.1, 0.15) is 22.9 Å². The number of anilines is 6. The van der Waals surface area contributed by atoms with E-state index >= 15 is 0 Å². The van der Waals surface area contributed by atoms with Crippen molar-refractivity contribution in [1.82, 2.24) is 30.4 Å². The van der Waals surface area contributed by atoms with Crippen molar-refractivity contribution in [3.63, 3.8) is 0 Å². The molecule has 0 spiro atoms. The molecule has 2 fully saturated rings. The highest BCUT2D eigenvalue weighted by Crippen LogP contribution is 2.39. The minimum absolute atomic E-state index is 0.00557. The summed E-state index contributed by atoms with van der Waals surface area (Å²) in [6, 6.07) is 10.7. The Balaban J connectivity index is 1.28. The van der Waals surface area contributed by atoms with Crippen molar-refractivity contribution in [2.75, 3.05) is 113 Å². The van der Waals surface area contributed by atoms with E-state index in [2.05, 4.69) is 50.8 Å². The normalized spacial score (nSPS) is 15.6. The van der Waals surface area contributed by atoms with Crippen LogP contribution in [0.1, 0.15) is 19.4 Å². The highest BCUT2D eigenvalue weighted by Gasteiger charge is 2.36. The van der Waals surface area contributed by atoms with Crippen molar-refractivity contribution in [2.24, 2.45) is 0 Å². The molecule has 0 unspecified atom stereocenters. The summed E-state index contributed by atoms with van der Waals surface area (Å²) in [5.41, 5.74) is 1.48. The number of likely N-dealkylation sites (N-methyl/N-ethyl adjacent to an activating group) is 2. The smallest absolute Gasteiger partial charge is 0.421 e. The van der Waals surface area contributed by atoms with Crippen LogP contribution >= 0.6 is 0 Å². The summed E-state index contributed by atoms with van der Waals surface area (Å²) in [6.45, 7) is 11.3. The maximum Gasteiger partial charge on any atom is 0.421 e. The Kier molecular flexibility index (Phi) is 12.8. The molecule has 2 aliphatic rings. The zero-order valence-corrected chi connectivity index (χ0v) is 30.0. The molecule has 0 aliphatic carbocycles. The lowest BCUT2D eigenvalue weighted by Gasteiger charge is -2.36. The number of methoxy groups -OCH3 is 2. The first kappa shape index (κ1) is 38.2. The molecule has 282 valence electrons. The van der Waals surface area contributed by atoms with Crippen LogP contribution in [0, 0.1) is 0 Å². The second-order valence-electron chi connectivity index (χ2n) is 12.4. The molecule has 2 amide bonds. The molecule has 17 heteroatoms. The molecular weight excluding hydrogens is 681 g/mol. The summed E-state index contributed by atoms with van der Waals surface area (Å²) in [5, 5.41) is 11.5. The van der Waals surface area contributed by atoms with Gasteiger partial charge in [0.2, 0.25) is 17.8 Å². The number of hydrogen-bond donors (Lipinski definition) is 4. The Hall–Kier alpha value is -5.03. The van der Waals surface area contributed by atoms with Crippen molar-refractivity contribution in [1.29, 1.82) is 0 Å². The van der Waals surface area contributed by atoms with Crippen LogP contribution in [0.5, 0.6) is 11.5 Å². The number of carbonyl (C=O) groups is 2. The lowest BCUT2D eigenvalue weighted by molar-refractivity contribution is -0.137. The Labute approximate surface area is 301 Å². The van der Waals surface area contributed by atoms with Gasteiger partial charge in [-0.15, -0.1) is 0 Å². The predicted octanol–water partition coefficient (Wildman–Crippen LogP) is 3.52. The van der Waals surface area contributed by atoms with E-state index in [9.17, 15) is 22.8 Å². The molecule has 1 aromatic heterocycles. The molecule has 5 rings (SSSR count). The van der Waals surface area contributed by atoms with Crippen molar-refractivity contribution >= 4 is 46.3 Å². The van der Waals surface area contributed by atoms with Crippen molar-refractivity contribution in [3.8, 4) is 11.5 Å². The number of benzene rings is 2. The van der Waals surface area contributed by atoms with E-state index in [4.69, 9.17) is 9.47 Å². The zero-order valence-electron chi connectivity index (χ0n) is 30.0. The average Bonchev–Trinajstić information content (AvgIpc) is 3.12. The highest BCUT2D eigenvalue weighted by molar-refractivity contribution is 5.78. The van der Waals surface area contributed by atoms with E-state index in [-0.39, 0.29) is 17.8 Å². The fourth-order valence-electron chi connectivity index (χ4n) is 6.19. The summed E-state index contributed by atoms with van der Waals surface area (Å²) in [4.78, 5) is 40.7. The zero-order chi connectivity index (χ0) is 37.3. The molecule has 0 saturated carbocycles. The van der Waals surface area contributed by atoms with Gasteiger partial charge in [0.15, 0.2) is 0 Å². The first-order valence-corrected chi connectivity index (χ1v) is 17.3. The first-order chi connectivity index (χ1) is 25.0. The fourth-order valence-corrected chi connectivity index (χ4v) is 6.19. The first-order valence-electron chi connectivity index (χ1n) is 17.3. The van der Waals surface area contributed by atoms with E-state index in [1.54, 1.807) is 18.2 Å². The molecule has 3 aromatic rings. The molecule has 4 N–H and O–H groups in total. The molecule has 0 radical (unpaired) electrons. The third-order valence-corrected chi connectivity index (χ3v) is 8.92. The Morgan fingerprint density at radius 2 is 1.19 bits per heavy atom. The van der Waals surface area contributed by atoms with Gasteiger partial charge in [-0.05, 0) is 38.1 Å². The van der Waals surface area contributed by atoms with Gasteiger partial charge in [0, 0.05) is 95.2 Å². The van der Waals surface area contributed by atoms with Gasteiger partial charge in [0.05, 0.1) is 38.7 Å². The number of halogens is 3. The Morgan fingerprint density at radius 1 is 0.731 bits per heavy atom. The molecular formula is C35H47F3N10O4. The molecule has 14 nitrogen and oxygen atoms in total. The molecule has 52 heavy (non-hydrogen) atoms. The molecule has 2 aromatic carbocycles. The van der Waals surface area contributed by atoms with E-state index in [0.717, 1.165) is 30.7 Å². The summed E-state index contributed by atoms with van der Waals surface area (Å²) in [6.07, 6.45) is -4.00. The lowest BCUT2D eigenvalue weighted by atomic mass is 10.2. The van der Waals surface area contributed by atoms with Gasteiger partial charge in [0.25, 0.3) is 0 Å². The van der Waals surface area contributed by atoms with Gasteiger partial charge in [-0.2, -0.15) is 18.2 Å². The van der Waals surface area contributed by atoms with Crippen LogP contribution in [0.3, 0.4) is 0 Å². The van der Waals surface area contributed by atoms with Crippen LogP contribution in [-0.2, 0) is 15.8 Å². The second-order valence-corrected chi connectivity index (χ2v) is 12.4. The summed E-state index contributed by atoms with van der Waals surface area (Å²) in [5.74, 6) is 0.278. The van der Waals surface area contributed by atoms with E-state index in [0.29, 0.717) is 88.3 Å². The van der Waals surface area contributed by atoms with Crippen LogP contribution < -0.4 is 40.5 Å². The summed E-state index contributed by atoms with van der Waals surface area (Å²) >= 11 is 0. The number of alkyl halides is 3. The molecule has 2 saturated heterocycles. The Morgan fingerprint density at radius 3 is 1.62 bits per heavy atom. The van der Waals surface area contributed by atoms with Crippen LogP contribution in [0.4, 0.5) is 47.7 Å². The molecule has 2 aliphatic heterocycles. The third kappa shape index (κ3) is 9.85.